The van der Waals surface area contributed by atoms with Crippen molar-refractivity contribution in [2.24, 2.45) is 0 Å². The highest BCUT2D eigenvalue weighted by atomic mass is 16.5. The van der Waals surface area contributed by atoms with Gasteiger partial charge in [-0.05, 0) is 49.5 Å². The first-order valence-electron chi connectivity index (χ1n) is 7.83. The van der Waals surface area contributed by atoms with Crippen molar-refractivity contribution in [2.45, 2.75) is 12.6 Å². The average molecular weight is 328 g/mol. The summed E-state index contributed by atoms with van der Waals surface area (Å²) in [6.07, 6.45) is -0.783. The Morgan fingerprint density at radius 2 is 1.96 bits per heavy atom. The van der Waals surface area contributed by atoms with Crippen LogP contribution in [0.1, 0.15) is 27.6 Å². The standard InChI is InChI=1S/C19H24N2O3/c1-21(2)13-14-6-4-8-16(10-14)19(23)20-12-18(22)15-7-5-9-17(11-15)24-3/h4-11,18,22H,12-13H2,1-3H3,(H,20,23). The van der Waals surface area contributed by atoms with Crippen molar-refractivity contribution < 1.29 is 14.6 Å². The van der Waals surface area contributed by atoms with Crippen LogP contribution in [0.15, 0.2) is 48.5 Å². The van der Waals surface area contributed by atoms with E-state index in [0.29, 0.717) is 16.9 Å². The van der Waals surface area contributed by atoms with Crippen LogP contribution >= 0.6 is 0 Å². The van der Waals surface area contributed by atoms with Crippen molar-refractivity contribution in [1.82, 2.24) is 10.2 Å². The maximum atomic E-state index is 12.3. The van der Waals surface area contributed by atoms with E-state index in [1.807, 2.05) is 49.3 Å². The van der Waals surface area contributed by atoms with E-state index in [9.17, 15) is 9.90 Å². The zero-order valence-electron chi connectivity index (χ0n) is 14.3. The van der Waals surface area contributed by atoms with Gasteiger partial charge in [0.1, 0.15) is 5.75 Å². The van der Waals surface area contributed by atoms with Gasteiger partial charge in [0.05, 0.1) is 13.2 Å². The van der Waals surface area contributed by atoms with Gasteiger partial charge in [-0.1, -0.05) is 24.3 Å². The first-order chi connectivity index (χ1) is 11.5. The molecule has 0 saturated carbocycles. The molecular formula is C19H24N2O3. The summed E-state index contributed by atoms with van der Waals surface area (Å²) in [5.74, 6) is 0.479. The van der Waals surface area contributed by atoms with Gasteiger partial charge < -0.3 is 20.1 Å². The van der Waals surface area contributed by atoms with Gasteiger partial charge in [-0.2, -0.15) is 0 Å². The number of aliphatic hydroxyl groups is 1. The number of aliphatic hydroxyl groups excluding tert-OH is 1. The lowest BCUT2D eigenvalue weighted by Crippen LogP contribution is -2.28. The van der Waals surface area contributed by atoms with Crippen LogP contribution in [-0.2, 0) is 6.54 Å². The number of methoxy groups -OCH3 is 1. The molecule has 0 heterocycles. The predicted molar refractivity (Wildman–Crippen MR) is 94.1 cm³/mol. The van der Waals surface area contributed by atoms with Crippen LogP contribution in [0.3, 0.4) is 0 Å². The number of nitrogens with zero attached hydrogens (tertiary/aromatic N) is 1. The number of ether oxygens (including phenoxy) is 1. The van der Waals surface area contributed by atoms with Gasteiger partial charge in [-0.15, -0.1) is 0 Å². The van der Waals surface area contributed by atoms with Gasteiger partial charge in [-0.25, -0.2) is 0 Å². The molecule has 0 aromatic heterocycles. The zero-order valence-corrected chi connectivity index (χ0v) is 14.3. The van der Waals surface area contributed by atoms with Gasteiger partial charge in [0.2, 0.25) is 0 Å². The number of benzene rings is 2. The largest absolute Gasteiger partial charge is 0.497 e. The Morgan fingerprint density at radius 3 is 2.67 bits per heavy atom. The topological polar surface area (TPSA) is 61.8 Å². The van der Waals surface area contributed by atoms with E-state index in [1.54, 1.807) is 25.3 Å². The fourth-order valence-corrected chi connectivity index (χ4v) is 2.43. The normalized spacial score (nSPS) is 12.0. The highest BCUT2D eigenvalue weighted by molar-refractivity contribution is 5.94. The second-order valence-electron chi connectivity index (χ2n) is 5.94. The Balaban J connectivity index is 1.97. The molecule has 0 aliphatic carbocycles. The van der Waals surface area contributed by atoms with Gasteiger partial charge >= 0.3 is 0 Å². The van der Waals surface area contributed by atoms with Crippen LogP contribution in [0.5, 0.6) is 5.75 Å². The fraction of sp³-hybridized carbons (Fsp3) is 0.316. The molecule has 0 bridgehead atoms. The lowest BCUT2D eigenvalue weighted by Gasteiger charge is -2.14. The molecule has 0 saturated heterocycles. The van der Waals surface area contributed by atoms with E-state index in [1.165, 1.54) is 0 Å². The summed E-state index contributed by atoms with van der Waals surface area (Å²) in [6, 6.07) is 14.7. The molecule has 24 heavy (non-hydrogen) atoms. The highest BCUT2D eigenvalue weighted by Gasteiger charge is 2.12. The lowest BCUT2D eigenvalue weighted by molar-refractivity contribution is 0.0916. The predicted octanol–water partition coefficient (Wildman–Crippen LogP) is 2.22. The molecule has 2 aromatic carbocycles. The molecule has 2 aromatic rings. The third kappa shape index (κ3) is 5.08. The minimum atomic E-state index is -0.783. The minimum absolute atomic E-state index is 0.143. The average Bonchev–Trinajstić information content (AvgIpc) is 2.59. The summed E-state index contributed by atoms with van der Waals surface area (Å²) < 4.78 is 5.14. The Bertz CT molecular complexity index is 686. The molecule has 0 spiro atoms. The van der Waals surface area contributed by atoms with Crippen molar-refractivity contribution >= 4 is 5.91 Å². The molecule has 0 fully saturated rings. The van der Waals surface area contributed by atoms with E-state index in [0.717, 1.165) is 12.1 Å². The second-order valence-corrected chi connectivity index (χ2v) is 5.94. The molecule has 0 aliphatic rings. The summed E-state index contributed by atoms with van der Waals surface area (Å²) in [4.78, 5) is 14.3. The quantitative estimate of drug-likeness (QED) is 0.818. The van der Waals surface area contributed by atoms with E-state index < -0.39 is 6.10 Å². The number of hydrogen-bond donors (Lipinski definition) is 2. The third-order valence-electron chi connectivity index (χ3n) is 3.62. The smallest absolute Gasteiger partial charge is 0.251 e. The maximum Gasteiger partial charge on any atom is 0.251 e. The summed E-state index contributed by atoms with van der Waals surface area (Å²) in [6.45, 7) is 0.914. The number of nitrogens with one attached hydrogen (secondary N) is 1. The van der Waals surface area contributed by atoms with Gasteiger partial charge in [-0.3, -0.25) is 4.79 Å². The summed E-state index contributed by atoms with van der Waals surface area (Å²) in [7, 11) is 5.54. The van der Waals surface area contributed by atoms with E-state index in [2.05, 4.69) is 5.32 Å². The van der Waals surface area contributed by atoms with Crippen molar-refractivity contribution in [1.29, 1.82) is 0 Å². The molecular weight excluding hydrogens is 304 g/mol. The Labute approximate surface area is 142 Å². The van der Waals surface area contributed by atoms with Gasteiger partial charge in [0.15, 0.2) is 0 Å². The number of carbonyl (C=O) groups excluding carboxylic acids is 1. The van der Waals surface area contributed by atoms with Crippen molar-refractivity contribution in [3.05, 3.63) is 65.2 Å². The molecule has 2 rings (SSSR count). The SMILES string of the molecule is COc1cccc(C(O)CNC(=O)c2cccc(CN(C)C)c2)c1. The van der Waals surface area contributed by atoms with E-state index in [-0.39, 0.29) is 12.5 Å². The lowest BCUT2D eigenvalue weighted by atomic mass is 10.1. The van der Waals surface area contributed by atoms with Crippen molar-refractivity contribution in [3.63, 3.8) is 0 Å². The number of amides is 1. The molecule has 0 radical (unpaired) electrons. The Morgan fingerprint density at radius 1 is 1.21 bits per heavy atom. The fourth-order valence-electron chi connectivity index (χ4n) is 2.43. The van der Waals surface area contributed by atoms with E-state index in [4.69, 9.17) is 4.74 Å². The Kier molecular flexibility index (Phi) is 6.35. The minimum Gasteiger partial charge on any atom is -0.497 e. The molecule has 0 aliphatic heterocycles. The van der Waals surface area contributed by atoms with Crippen molar-refractivity contribution in [3.8, 4) is 5.75 Å². The third-order valence-corrected chi connectivity index (χ3v) is 3.62. The van der Waals surface area contributed by atoms with Crippen LogP contribution < -0.4 is 10.1 Å². The first kappa shape index (κ1) is 18.0. The molecule has 5 nitrogen and oxygen atoms in total. The zero-order chi connectivity index (χ0) is 17.5. The monoisotopic (exact) mass is 328 g/mol. The van der Waals surface area contributed by atoms with E-state index >= 15 is 0 Å². The second kappa shape index (κ2) is 8.47. The van der Waals surface area contributed by atoms with Crippen LogP contribution in [0.4, 0.5) is 0 Å². The summed E-state index contributed by atoms with van der Waals surface area (Å²) in [5, 5.41) is 13.0. The summed E-state index contributed by atoms with van der Waals surface area (Å²) >= 11 is 0. The molecule has 1 amide bonds. The first-order valence-corrected chi connectivity index (χ1v) is 7.83. The van der Waals surface area contributed by atoms with Gasteiger partial charge in [0, 0.05) is 18.7 Å². The molecule has 2 N–H and O–H groups in total. The van der Waals surface area contributed by atoms with Crippen LogP contribution in [0.25, 0.3) is 0 Å². The Hall–Kier alpha value is -2.37. The molecule has 1 unspecified atom stereocenters. The molecule has 1 atom stereocenters. The summed E-state index contributed by atoms with van der Waals surface area (Å²) in [5.41, 5.74) is 2.36. The molecule has 5 heteroatoms. The van der Waals surface area contributed by atoms with Crippen LogP contribution in [0, 0.1) is 0 Å². The van der Waals surface area contributed by atoms with Crippen LogP contribution in [-0.4, -0.2) is 43.7 Å². The number of hydrogen-bond acceptors (Lipinski definition) is 4. The maximum absolute atomic E-state index is 12.3. The number of carbonyl (C=O) groups is 1. The molecule has 128 valence electrons. The van der Waals surface area contributed by atoms with Crippen LogP contribution in [0.2, 0.25) is 0 Å². The van der Waals surface area contributed by atoms with Gasteiger partial charge in [0.25, 0.3) is 5.91 Å². The highest BCUT2D eigenvalue weighted by Crippen LogP contribution is 2.18. The van der Waals surface area contributed by atoms with Crippen molar-refractivity contribution in [2.75, 3.05) is 27.7 Å². The number of rotatable bonds is 7.